The largest absolute Gasteiger partial charge is 0.383 e. The van der Waals surface area contributed by atoms with Gasteiger partial charge < -0.3 is 9.30 Å². The minimum atomic E-state index is -0.466. The molecule has 2 aromatic carbocycles. The molecule has 0 saturated heterocycles. The lowest BCUT2D eigenvalue weighted by Crippen LogP contribution is -2.41. The van der Waals surface area contributed by atoms with E-state index in [-0.39, 0.29) is 24.1 Å². The highest BCUT2D eigenvalue weighted by molar-refractivity contribution is 6.30. The summed E-state index contributed by atoms with van der Waals surface area (Å²) >= 11 is 6.04. The van der Waals surface area contributed by atoms with Gasteiger partial charge in [-0.25, -0.2) is 14.3 Å². The zero-order valence-electron chi connectivity index (χ0n) is 19.2. The Morgan fingerprint density at radius 3 is 2.27 bits per heavy atom. The van der Waals surface area contributed by atoms with Gasteiger partial charge in [0.2, 0.25) is 0 Å². The molecule has 0 aliphatic heterocycles. The number of halogens is 1. The van der Waals surface area contributed by atoms with Crippen molar-refractivity contribution in [2.45, 2.75) is 39.3 Å². The molecular formula is C25H27ClN4O3. The van der Waals surface area contributed by atoms with E-state index >= 15 is 0 Å². The summed E-state index contributed by atoms with van der Waals surface area (Å²) in [6.45, 7) is 7.35. The highest BCUT2D eigenvalue weighted by atomic mass is 35.5. The zero-order valence-corrected chi connectivity index (χ0v) is 20.0. The van der Waals surface area contributed by atoms with Crippen LogP contribution in [0.5, 0.6) is 0 Å². The van der Waals surface area contributed by atoms with Crippen LogP contribution in [0.25, 0.3) is 16.9 Å². The number of rotatable bonds is 6. The van der Waals surface area contributed by atoms with Crippen LogP contribution in [-0.2, 0) is 23.2 Å². The third kappa shape index (κ3) is 4.51. The first-order valence-electron chi connectivity index (χ1n) is 10.8. The molecule has 0 N–H and O–H groups in total. The summed E-state index contributed by atoms with van der Waals surface area (Å²) < 4.78 is 9.56. The Kier molecular flexibility index (Phi) is 6.28. The van der Waals surface area contributed by atoms with Crippen LogP contribution < -0.4 is 11.2 Å². The smallest absolute Gasteiger partial charge is 0.337 e. The number of ether oxygens (including phenoxy) is 1. The molecule has 0 fully saturated rings. The van der Waals surface area contributed by atoms with Gasteiger partial charge in [-0.2, -0.15) is 0 Å². The Bertz CT molecular complexity index is 1390. The Hall–Kier alpha value is -3.16. The summed E-state index contributed by atoms with van der Waals surface area (Å²) in [5.41, 5.74) is 2.74. The predicted octanol–water partition coefficient (Wildman–Crippen LogP) is 3.99. The summed E-state index contributed by atoms with van der Waals surface area (Å²) in [5.74, 6) is 0. The van der Waals surface area contributed by atoms with E-state index in [1.54, 1.807) is 35.2 Å². The number of hydrogen-bond acceptors (Lipinski definition) is 4. The molecule has 0 spiro atoms. The fourth-order valence-corrected chi connectivity index (χ4v) is 3.94. The van der Waals surface area contributed by atoms with Crippen LogP contribution in [0.15, 0.2) is 64.4 Å². The van der Waals surface area contributed by atoms with Crippen LogP contribution in [0.1, 0.15) is 31.9 Å². The number of methoxy groups -OCH3 is 1. The van der Waals surface area contributed by atoms with Gasteiger partial charge in [0, 0.05) is 18.7 Å². The fraction of sp³-hybridized carbons (Fsp3) is 0.320. The van der Waals surface area contributed by atoms with E-state index < -0.39 is 5.69 Å². The van der Waals surface area contributed by atoms with E-state index in [0.717, 1.165) is 5.56 Å². The lowest BCUT2D eigenvalue weighted by molar-refractivity contribution is 0.184. The molecule has 4 aromatic rings. The molecule has 0 aliphatic rings. The van der Waals surface area contributed by atoms with Crippen LogP contribution in [0.4, 0.5) is 0 Å². The van der Waals surface area contributed by atoms with Crippen molar-refractivity contribution in [3.05, 3.63) is 91.8 Å². The van der Waals surface area contributed by atoms with Crippen molar-refractivity contribution in [2.75, 3.05) is 13.7 Å². The van der Waals surface area contributed by atoms with E-state index in [1.165, 1.54) is 21.8 Å². The topological polar surface area (TPSA) is 71.1 Å². The summed E-state index contributed by atoms with van der Waals surface area (Å²) in [6.07, 6.45) is 1.61. The lowest BCUT2D eigenvalue weighted by Gasteiger charge is -2.19. The maximum absolute atomic E-state index is 13.4. The molecule has 0 radical (unpaired) electrons. The van der Waals surface area contributed by atoms with Crippen molar-refractivity contribution in [1.29, 1.82) is 0 Å². The lowest BCUT2D eigenvalue weighted by atomic mass is 9.87. The molecule has 4 rings (SSSR count). The highest BCUT2D eigenvalue weighted by Gasteiger charge is 2.20. The second-order valence-electron chi connectivity index (χ2n) is 9.04. The van der Waals surface area contributed by atoms with E-state index in [4.69, 9.17) is 16.3 Å². The second-order valence-corrected chi connectivity index (χ2v) is 9.47. The van der Waals surface area contributed by atoms with Gasteiger partial charge in [0.05, 0.1) is 25.2 Å². The van der Waals surface area contributed by atoms with Crippen molar-refractivity contribution >= 4 is 22.8 Å². The second kappa shape index (κ2) is 9.00. The Labute approximate surface area is 196 Å². The summed E-state index contributed by atoms with van der Waals surface area (Å²) in [4.78, 5) is 31.1. The van der Waals surface area contributed by atoms with Crippen LogP contribution in [-0.4, -0.2) is 32.4 Å². The first-order valence-corrected chi connectivity index (χ1v) is 11.1. The maximum Gasteiger partial charge on any atom is 0.337 e. The molecule has 172 valence electrons. The highest BCUT2D eigenvalue weighted by Crippen LogP contribution is 2.23. The molecule has 8 heteroatoms. The van der Waals surface area contributed by atoms with Crippen LogP contribution in [0, 0.1) is 0 Å². The first kappa shape index (κ1) is 23.0. The Morgan fingerprint density at radius 2 is 1.67 bits per heavy atom. The molecule has 2 heterocycles. The minimum Gasteiger partial charge on any atom is -0.383 e. The SMILES string of the molecule is COCCn1c(=O)c2c(ncn2Cc2ccc(C(C)(C)C)cc2)n(-c2ccc(Cl)cc2)c1=O. The normalized spacial score (nSPS) is 11.9. The standard InChI is InChI=1S/C25H27ClN4O3/c1-25(2,3)18-7-5-17(6-8-18)15-28-16-27-22-21(28)23(31)29(13-14-33-4)24(32)30(22)20-11-9-19(26)10-12-20/h5-12,16H,13-15H2,1-4H3. The predicted molar refractivity (Wildman–Crippen MR) is 131 cm³/mol. The molecule has 2 aromatic heterocycles. The van der Waals surface area contributed by atoms with Crippen molar-refractivity contribution in [2.24, 2.45) is 0 Å². The van der Waals surface area contributed by atoms with E-state index in [2.05, 4.69) is 50.0 Å². The van der Waals surface area contributed by atoms with Gasteiger partial charge in [0.25, 0.3) is 5.56 Å². The van der Waals surface area contributed by atoms with Crippen LogP contribution in [0.3, 0.4) is 0 Å². The van der Waals surface area contributed by atoms with Crippen molar-refractivity contribution in [3.8, 4) is 5.69 Å². The number of aromatic nitrogens is 4. The van der Waals surface area contributed by atoms with Gasteiger partial charge in [0.15, 0.2) is 11.2 Å². The van der Waals surface area contributed by atoms with E-state index in [9.17, 15) is 9.59 Å². The number of nitrogens with zero attached hydrogens (tertiary/aromatic N) is 4. The van der Waals surface area contributed by atoms with Gasteiger partial charge in [-0.1, -0.05) is 56.6 Å². The summed E-state index contributed by atoms with van der Waals surface area (Å²) in [7, 11) is 1.53. The molecule has 0 unspecified atom stereocenters. The van der Waals surface area contributed by atoms with Crippen molar-refractivity contribution in [3.63, 3.8) is 0 Å². The molecule has 7 nitrogen and oxygen atoms in total. The van der Waals surface area contributed by atoms with Crippen LogP contribution >= 0.6 is 11.6 Å². The molecule has 0 amide bonds. The molecule has 0 bridgehead atoms. The van der Waals surface area contributed by atoms with Gasteiger partial charge in [0.1, 0.15) is 0 Å². The molecule has 0 saturated carbocycles. The number of hydrogen-bond donors (Lipinski definition) is 0. The quantitative estimate of drug-likeness (QED) is 0.430. The molecule has 33 heavy (non-hydrogen) atoms. The van der Waals surface area contributed by atoms with E-state index in [1.807, 2.05) is 0 Å². The Morgan fingerprint density at radius 1 is 1.00 bits per heavy atom. The van der Waals surface area contributed by atoms with Crippen molar-refractivity contribution in [1.82, 2.24) is 18.7 Å². The van der Waals surface area contributed by atoms with Gasteiger partial charge in [-0.15, -0.1) is 0 Å². The first-order chi connectivity index (χ1) is 15.7. The van der Waals surface area contributed by atoms with Crippen molar-refractivity contribution < 1.29 is 4.74 Å². The monoisotopic (exact) mass is 466 g/mol. The Balaban J connectivity index is 1.87. The zero-order chi connectivity index (χ0) is 23.8. The number of imidazole rings is 1. The van der Waals surface area contributed by atoms with Gasteiger partial charge >= 0.3 is 5.69 Å². The average Bonchev–Trinajstić information content (AvgIpc) is 3.18. The van der Waals surface area contributed by atoms with Gasteiger partial charge in [-0.3, -0.25) is 9.36 Å². The number of fused-ring (bicyclic) bond motifs is 1. The third-order valence-corrected chi connectivity index (χ3v) is 5.93. The number of benzene rings is 2. The minimum absolute atomic E-state index is 0.0595. The average molecular weight is 467 g/mol. The van der Waals surface area contributed by atoms with Crippen LogP contribution in [0.2, 0.25) is 5.02 Å². The molecule has 0 atom stereocenters. The molecule has 0 aliphatic carbocycles. The molecular weight excluding hydrogens is 440 g/mol. The van der Waals surface area contributed by atoms with Gasteiger partial charge in [-0.05, 0) is 40.8 Å². The summed E-state index contributed by atoms with van der Waals surface area (Å²) in [6, 6.07) is 15.2. The van der Waals surface area contributed by atoms with E-state index in [0.29, 0.717) is 28.4 Å². The fourth-order valence-electron chi connectivity index (χ4n) is 3.81. The third-order valence-electron chi connectivity index (χ3n) is 5.68. The maximum atomic E-state index is 13.4. The summed E-state index contributed by atoms with van der Waals surface area (Å²) in [5, 5.41) is 0.556.